The normalized spacial score (nSPS) is 9.75. The maximum Gasteiger partial charge on any atom is 0.0861 e. The van der Waals surface area contributed by atoms with Crippen LogP contribution in [0.15, 0.2) is 16.9 Å². The predicted molar refractivity (Wildman–Crippen MR) is 41.1 cm³/mol. The molecule has 1 nitrogen and oxygen atoms in total. The Morgan fingerprint density at radius 3 is 2.62 bits per heavy atom. The van der Waals surface area contributed by atoms with E-state index in [0.29, 0.717) is 0 Å². The van der Waals surface area contributed by atoms with Gasteiger partial charge < -0.3 is 4.98 Å². The zero-order chi connectivity index (χ0) is 5.98. The van der Waals surface area contributed by atoms with Gasteiger partial charge in [-0.1, -0.05) is 15.9 Å². The molecular formula is C5H5Br2N. The molecule has 1 heterocycles. The van der Waals surface area contributed by atoms with Crippen molar-refractivity contribution in [2.45, 2.75) is 5.33 Å². The molecule has 0 bridgehead atoms. The van der Waals surface area contributed by atoms with Gasteiger partial charge in [0, 0.05) is 11.5 Å². The molecule has 1 aromatic rings. The fraction of sp³-hybridized carbons (Fsp3) is 0.200. The highest BCUT2D eigenvalue weighted by molar-refractivity contribution is 9.10. The largest absolute Gasteiger partial charge is 0.356 e. The van der Waals surface area contributed by atoms with Crippen LogP contribution in [-0.4, -0.2) is 4.98 Å². The molecule has 8 heavy (non-hydrogen) atoms. The minimum absolute atomic E-state index is 0.900. The molecule has 44 valence electrons. The molecule has 0 radical (unpaired) electrons. The molecule has 0 unspecified atom stereocenters. The maximum atomic E-state index is 3.34. The molecule has 1 aromatic heterocycles. The predicted octanol–water partition coefficient (Wildman–Crippen LogP) is 2.67. The van der Waals surface area contributed by atoms with Crippen molar-refractivity contribution in [2.75, 3.05) is 0 Å². The molecule has 0 fully saturated rings. The number of hydrogen-bond acceptors (Lipinski definition) is 0. The summed E-state index contributed by atoms with van der Waals surface area (Å²) in [6.45, 7) is 0. The van der Waals surface area contributed by atoms with E-state index in [1.165, 1.54) is 5.56 Å². The molecule has 0 aromatic carbocycles. The van der Waals surface area contributed by atoms with E-state index in [1.54, 1.807) is 0 Å². The van der Waals surface area contributed by atoms with Crippen molar-refractivity contribution in [3.05, 3.63) is 22.4 Å². The fourth-order valence-electron chi connectivity index (χ4n) is 0.484. The Balaban J connectivity index is 2.92. The first kappa shape index (κ1) is 6.36. The van der Waals surface area contributed by atoms with Crippen molar-refractivity contribution >= 4 is 31.9 Å². The topological polar surface area (TPSA) is 15.8 Å². The summed E-state index contributed by atoms with van der Waals surface area (Å²) in [4.78, 5) is 3.01. The minimum atomic E-state index is 0.900. The van der Waals surface area contributed by atoms with Crippen molar-refractivity contribution in [1.29, 1.82) is 0 Å². The van der Waals surface area contributed by atoms with E-state index >= 15 is 0 Å². The number of halogens is 2. The van der Waals surface area contributed by atoms with Crippen molar-refractivity contribution in [3.63, 3.8) is 0 Å². The van der Waals surface area contributed by atoms with Crippen LogP contribution in [-0.2, 0) is 5.33 Å². The Labute approximate surface area is 64.7 Å². The Hall–Kier alpha value is 0.240. The molecule has 0 saturated carbocycles. The molecule has 0 aliphatic heterocycles. The lowest BCUT2D eigenvalue weighted by molar-refractivity contribution is 1.32. The highest BCUT2D eigenvalue weighted by Crippen LogP contribution is 2.15. The van der Waals surface area contributed by atoms with Crippen molar-refractivity contribution in [1.82, 2.24) is 4.98 Å². The van der Waals surface area contributed by atoms with Crippen molar-refractivity contribution < 1.29 is 0 Å². The monoisotopic (exact) mass is 237 g/mol. The number of aromatic amines is 1. The summed E-state index contributed by atoms with van der Waals surface area (Å²) in [7, 11) is 0. The number of H-pyrrole nitrogens is 1. The lowest BCUT2D eigenvalue weighted by atomic mass is 10.4. The number of rotatable bonds is 1. The first-order valence-corrected chi connectivity index (χ1v) is 4.13. The van der Waals surface area contributed by atoms with E-state index in [9.17, 15) is 0 Å². The summed E-state index contributed by atoms with van der Waals surface area (Å²) in [5.74, 6) is 0. The Bertz CT molecular complexity index is 171. The highest BCUT2D eigenvalue weighted by atomic mass is 79.9. The molecule has 0 aliphatic carbocycles. The SMILES string of the molecule is BrCc1cc[nH]c1Br. The second-order valence-electron chi connectivity index (χ2n) is 1.45. The quantitative estimate of drug-likeness (QED) is 0.725. The lowest BCUT2D eigenvalue weighted by Crippen LogP contribution is -1.69. The fourth-order valence-corrected chi connectivity index (χ4v) is 1.73. The van der Waals surface area contributed by atoms with Gasteiger partial charge >= 0.3 is 0 Å². The molecule has 0 aliphatic rings. The Morgan fingerprint density at radius 1 is 1.62 bits per heavy atom. The smallest absolute Gasteiger partial charge is 0.0861 e. The third-order valence-electron chi connectivity index (χ3n) is 0.920. The van der Waals surface area contributed by atoms with Crippen LogP contribution < -0.4 is 0 Å². The van der Waals surface area contributed by atoms with Gasteiger partial charge in [-0.15, -0.1) is 0 Å². The van der Waals surface area contributed by atoms with Crippen LogP contribution in [0, 0.1) is 0 Å². The first-order chi connectivity index (χ1) is 3.84. The lowest BCUT2D eigenvalue weighted by Gasteiger charge is -1.85. The van der Waals surface area contributed by atoms with Crippen molar-refractivity contribution in [3.8, 4) is 0 Å². The van der Waals surface area contributed by atoms with Crippen LogP contribution in [0.25, 0.3) is 0 Å². The number of aromatic nitrogens is 1. The molecule has 0 atom stereocenters. The van der Waals surface area contributed by atoms with Gasteiger partial charge in [0.05, 0.1) is 4.60 Å². The molecule has 1 rings (SSSR count). The first-order valence-electron chi connectivity index (χ1n) is 2.22. The molecule has 0 spiro atoms. The summed E-state index contributed by atoms with van der Waals surface area (Å²) in [5.41, 5.74) is 1.25. The standard InChI is InChI=1S/C5H5Br2N/c6-3-4-1-2-8-5(4)7/h1-2,8H,3H2. The third-order valence-corrected chi connectivity index (χ3v) is 2.26. The summed E-state index contributed by atoms with van der Waals surface area (Å²) in [5, 5.41) is 0.900. The molecule has 0 amide bonds. The summed E-state index contributed by atoms with van der Waals surface area (Å²) < 4.78 is 1.06. The van der Waals surface area contributed by atoms with Gasteiger partial charge in [0.15, 0.2) is 0 Å². The molecule has 3 heteroatoms. The van der Waals surface area contributed by atoms with Crippen LogP contribution in [0.1, 0.15) is 5.56 Å². The molecular weight excluding hydrogens is 234 g/mol. The zero-order valence-electron chi connectivity index (χ0n) is 4.12. The zero-order valence-corrected chi connectivity index (χ0v) is 7.29. The van der Waals surface area contributed by atoms with E-state index in [4.69, 9.17) is 0 Å². The van der Waals surface area contributed by atoms with Crippen LogP contribution in [0.2, 0.25) is 0 Å². The third kappa shape index (κ3) is 1.14. The number of hydrogen-bond donors (Lipinski definition) is 1. The molecule has 1 N–H and O–H groups in total. The summed E-state index contributed by atoms with van der Waals surface area (Å²) in [6, 6.07) is 2.03. The average molecular weight is 239 g/mol. The second kappa shape index (κ2) is 2.69. The average Bonchev–Trinajstić information content (AvgIpc) is 2.14. The molecule has 0 saturated heterocycles. The number of nitrogens with one attached hydrogen (secondary N) is 1. The van der Waals surface area contributed by atoms with Gasteiger partial charge in [-0.2, -0.15) is 0 Å². The van der Waals surface area contributed by atoms with E-state index in [2.05, 4.69) is 36.8 Å². The second-order valence-corrected chi connectivity index (χ2v) is 2.80. The van der Waals surface area contributed by atoms with Gasteiger partial charge in [-0.25, -0.2) is 0 Å². The van der Waals surface area contributed by atoms with Gasteiger partial charge in [0.25, 0.3) is 0 Å². The maximum absolute atomic E-state index is 3.34. The van der Waals surface area contributed by atoms with Crippen LogP contribution in [0.4, 0.5) is 0 Å². The van der Waals surface area contributed by atoms with E-state index in [0.717, 1.165) is 9.93 Å². The summed E-state index contributed by atoms with van der Waals surface area (Å²) >= 11 is 6.68. The highest BCUT2D eigenvalue weighted by Gasteiger charge is 1.94. The van der Waals surface area contributed by atoms with E-state index < -0.39 is 0 Å². The van der Waals surface area contributed by atoms with Crippen LogP contribution in [0.5, 0.6) is 0 Å². The van der Waals surface area contributed by atoms with Crippen LogP contribution in [0.3, 0.4) is 0 Å². The van der Waals surface area contributed by atoms with Crippen molar-refractivity contribution in [2.24, 2.45) is 0 Å². The number of alkyl halides is 1. The minimum Gasteiger partial charge on any atom is -0.356 e. The Morgan fingerprint density at radius 2 is 2.38 bits per heavy atom. The van der Waals surface area contributed by atoms with E-state index in [-0.39, 0.29) is 0 Å². The Kier molecular flexibility index (Phi) is 2.14. The summed E-state index contributed by atoms with van der Waals surface area (Å²) in [6.07, 6.45) is 1.90. The van der Waals surface area contributed by atoms with Gasteiger partial charge in [0.2, 0.25) is 0 Å². The van der Waals surface area contributed by atoms with Gasteiger partial charge in [-0.3, -0.25) is 0 Å². The van der Waals surface area contributed by atoms with E-state index in [1.807, 2.05) is 12.3 Å². The van der Waals surface area contributed by atoms with Gasteiger partial charge in [0.1, 0.15) is 0 Å². The van der Waals surface area contributed by atoms with Crippen LogP contribution >= 0.6 is 31.9 Å². The van der Waals surface area contributed by atoms with Gasteiger partial charge in [-0.05, 0) is 27.6 Å².